The van der Waals surface area contributed by atoms with E-state index in [9.17, 15) is 14.9 Å². The lowest BCUT2D eigenvalue weighted by molar-refractivity contribution is -0.125. The summed E-state index contributed by atoms with van der Waals surface area (Å²) in [5.41, 5.74) is 3.14. The maximum atomic E-state index is 13.0. The fraction of sp³-hybridized carbons (Fsp3) is 0.429. The van der Waals surface area contributed by atoms with Gasteiger partial charge in [0.25, 0.3) is 0 Å². The molecule has 1 saturated heterocycles. The lowest BCUT2D eigenvalue weighted by atomic mass is 9.84. The van der Waals surface area contributed by atoms with Gasteiger partial charge in [0.2, 0.25) is 5.91 Å². The molecule has 1 aromatic heterocycles. The molecule has 202 valence electrons. The molecule has 3 aromatic rings. The lowest BCUT2D eigenvalue weighted by Gasteiger charge is -2.39. The van der Waals surface area contributed by atoms with Crippen molar-refractivity contribution in [3.8, 4) is 17.5 Å². The van der Waals surface area contributed by atoms with Gasteiger partial charge in [-0.05, 0) is 65.4 Å². The van der Waals surface area contributed by atoms with Crippen LogP contribution in [0.4, 0.5) is 10.5 Å². The minimum atomic E-state index is -0.244. The Morgan fingerprint density at radius 3 is 2.85 bits per heavy atom. The van der Waals surface area contributed by atoms with Crippen molar-refractivity contribution in [1.82, 2.24) is 35.7 Å². The molecule has 0 unspecified atom stereocenters. The second-order valence-corrected chi connectivity index (χ2v) is 10.4. The minimum absolute atomic E-state index is 0.0127. The summed E-state index contributed by atoms with van der Waals surface area (Å²) in [7, 11) is 1.77. The topological polar surface area (TPSA) is 141 Å². The molecule has 1 saturated carbocycles. The van der Waals surface area contributed by atoms with Crippen LogP contribution >= 0.6 is 0 Å². The molecule has 2 fully saturated rings. The zero-order valence-corrected chi connectivity index (χ0v) is 22.0. The van der Waals surface area contributed by atoms with E-state index in [1.807, 2.05) is 42.5 Å². The molecule has 2 aliphatic rings. The highest BCUT2D eigenvalue weighted by molar-refractivity contribution is 5.90. The second-order valence-electron chi connectivity index (χ2n) is 10.4. The Bertz CT molecular complexity index is 1360. The third-order valence-corrected chi connectivity index (χ3v) is 7.47. The number of aromatic nitrogens is 4. The first kappa shape index (κ1) is 26.3. The maximum absolute atomic E-state index is 13.0. The first-order chi connectivity index (χ1) is 19.0. The Kier molecular flexibility index (Phi) is 8.13. The van der Waals surface area contributed by atoms with Crippen molar-refractivity contribution in [2.75, 3.05) is 25.0 Å². The number of benzene rings is 2. The van der Waals surface area contributed by atoms with E-state index < -0.39 is 0 Å². The molecule has 11 heteroatoms. The molecule has 2 heterocycles. The van der Waals surface area contributed by atoms with Crippen LogP contribution in [0, 0.1) is 17.2 Å². The summed E-state index contributed by atoms with van der Waals surface area (Å²) in [4.78, 5) is 27.7. The largest absolute Gasteiger partial charge is 0.351 e. The van der Waals surface area contributed by atoms with E-state index in [2.05, 4.69) is 42.4 Å². The third kappa shape index (κ3) is 6.78. The van der Waals surface area contributed by atoms with E-state index in [0.29, 0.717) is 30.0 Å². The number of anilines is 1. The SMILES string of the molecule is Cn1nnnc1-c1cccc(NC(=O)N[C@@H]2CCCC[C@H]2CN2CC(=O)N[C@H](Cc3cccc(C#N)c3)C2)c1. The van der Waals surface area contributed by atoms with Gasteiger partial charge in [-0.3, -0.25) is 9.69 Å². The van der Waals surface area contributed by atoms with Gasteiger partial charge in [0, 0.05) is 43.5 Å². The monoisotopic (exact) mass is 527 g/mol. The van der Waals surface area contributed by atoms with Crippen molar-refractivity contribution in [3.63, 3.8) is 0 Å². The number of carbonyl (C=O) groups is 2. The Morgan fingerprint density at radius 2 is 2.03 bits per heavy atom. The van der Waals surface area contributed by atoms with Gasteiger partial charge >= 0.3 is 6.03 Å². The van der Waals surface area contributed by atoms with E-state index >= 15 is 0 Å². The molecule has 39 heavy (non-hydrogen) atoms. The molecule has 3 atom stereocenters. The number of nitriles is 1. The van der Waals surface area contributed by atoms with Gasteiger partial charge in [0.1, 0.15) is 0 Å². The summed E-state index contributed by atoms with van der Waals surface area (Å²) in [6.45, 7) is 1.84. The standard InChI is InChI=1S/C28H33N9O2/c1-36-27(33-34-35-36)21-9-5-10-23(14-21)31-28(39)32-25-11-3-2-8-22(25)16-37-17-24(30-26(38)18-37)13-19-6-4-7-20(12-19)15-29/h4-7,9-10,12,14,22,24-25H,2-3,8,11,13,16-18H2,1H3,(H,30,38)(H2,31,32,39)/t22-,24+,25+/m0/s1. The molecule has 0 spiro atoms. The predicted octanol–water partition coefficient (Wildman–Crippen LogP) is 2.47. The van der Waals surface area contributed by atoms with Crippen molar-refractivity contribution < 1.29 is 9.59 Å². The number of hydrogen-bond acceptors (Lipinski definition) is 7. The van der Waals surface area contributed by atoms with Crippen LogP contribution in [-0.2, 0) is 18.3 Å². The number of nitrogens with one attached hydrogen (secondary N) is 3. The first-order valence-electron chi connectivity index (χ1n) is 13.4. The third-order valence-electron chi connectivity index (χ3n) is 7.47. The lowest BCUT2D eigenvalue weighted by Crippen LogP contribution is -2.57. The average molecular weight is 528 g/mol. The molecular weight excluding hydrogens is 494 g/mol. The highest BCUT2D eigenvalue weighted by Crippen LogP contribution is 2.26. The van der Waals surface area contributed by atoms with Crippen molar-refractivity contribution in [3.05, 3.63) is 59.7 Å². The summed E-state index contributed by atoms with van der Waals surface area (Å²) in [6, 6.07) is 16.9. The van der Waals surface area contributed by atoms with Crippen molar-refractivity contribution >= 4 is 17.6 Å². The van der Waals surface area contributed by atoms with Gasteiger partial charge < -0.3 is 16.0 Å². The minimum Gasteiger partial charge on any atom is -0.351 e. The molecule has 5 rings (SSSR count). The number of tetrazole rings is 1. The normalized spacial score (nSPS) is 21.5. The highest BCUT2D eigenvalue weighted by Gasteiger charge is 2.32. The van der Waals surface area contributed by atoms with Gasteiger partial charge in [-0.1, -0.05) is 37.1 Å². The van der Waals surface area contributed by atoms with E-state index in [0.717, 1.165) is 49.9 Å². The number of hydrogen-bond donors (Lipinski definition) is 3. The Balaban J connectivity index is 1.18. The van der Waals surface area contributed by atoms with Crippen LogP contribution in [0.15, 0.2) is 48.5 Å². The Hall–Kier alpha value is -4.30. The number of carbonyl (C=O) groups excluding carboxylic acids is 2. The van der Waals surface area contributed by atoms with Crippen LogP contribution in [0.1, 0.15) is 36.8 Å². The highest BCUT2D eigenvalue weighted by atomic mass is 16.2. The quantitative estimate of drug-likeness (QED) is 0.429. The van der Waals surface area contributed by atoms with Crippen molar-refractivity contribution in [1.29, 1.82) is 5.26 Å². The molecule has 2 aromatic carbocycles. The summed E-state index contributed by atoms with van der Waals surface area (Å²) in [5.74, 6) is 0.890. The number of urea groups is 1. The number of rotatable bonds is 7. The van der Waals surface area contributed by atoms with Gasteiger partial charge in [-0.2, -0.15) is 5.26 Å². The maximum Gasteiger partial charge on any atom is 0.319 e. The molecule has 11 nitrogen and oxygen atoms in total. The van der Waals surface area contributed by atoms with Gasteiger partial charge in [-0.25, -0.2) is 9.48 Å². The van der Waals surface area contributed by atoms with E-state index in [4.69, 9.17) is 0 Å². The molecule has 1 aliphatic heterocycles. The van der Waals surface area contributed by atoms with E-state index in [1.165, 1.54) is 0 Å². The summed E-state index contributed by atoms with van der Waals surface area (Å²) in [5, 5.41) is 30.0. The van der Waals surface area contributed by atoms with Crippen LogP contribution in [0.2, 0.25) is 0 Å². The molecule has 0 bridgehead atoms. The first-order valence-corrected chi connectivity index (χ1v) is 13.4. The molecule has 1 aliphatic carbocycles. The predicted molar refractivity (Wildman–Crippen MR) is 145 cm³/mol. The van der Waals surface area contributed by atoms with Crippen molar-refractivity contribution in [2.24, 2.45) is 13.0 Å². The van der Waals surface area contributed by atoms with Gasteiger partial charge in [-0.15, -0.1) is 5.10 Å². The summed E-state index contributed by atoms with van der Waals surface area (Å²) >= 11 is 0. The fourth-order valence-corrected chi connectivity index (χ4v) is 5.70. The van der Waals surface area contributed by atoms with Crippen LogP contribution < -0.4 is 16.0 Å². The van der Waals surface area contributed by atoms with Crippen LogP contribution in [0.25, 0.3) is 11.4 Å². The zero-order valence-electron chi connectivity index (χ0n) is 22.0. The fourth-order valence-electron chi connectivity index (χ4n) is 5.70. The van der Waals surface area contributed by atoms with Crippen LogP contribution in [-0.4, -0.2) is 68.8 Å². The Labute approximate surface area is 227 Å². The zero-order chi connectivity index (χ0) is 27.2. The molecule has 0 radical (unpaired) electrons. The van der Waals surface area contributed by atoms with Crippen LogP contribution in [0.3, 0.4) is 0 Å². The second kappa shape index (κ2) is 12.0. The Morgan fingerprint density at radius 1 is 1.18 bits per heavy atom. The number of amides is 3. The van der Waals surface area contributed by atoms with Gasteiger partial charge in [0.15, 0.2) is 5.82 Å². The number of nitrogens with zero attached hydrogens (tertiary/aromatic N) is 6. The van der Waals surface area contributed by atoms with E-state index in [-0.39, 0.29) is 29.9 Å². The van der Waals surface area contributed by atoms with Crippen molar-refractivity contribution in [2.45, 2.75) is 44.2 Å². The molecule has 3 N–H and O–H groups in total. The smallest absolute Gasteiger partial charge is 0.319 e. The molecule has 3 amide bonds. The van der Waals surface area contributed by atoms with Gasteiger partial charge in [0.05, 0.1) is 18.2 Å². The van der Waals surface area contributed by atoms with Crippen LogP contribution in [0.5, 0.6) is 0 Å². The number of piperazine rings is 1. The van der Waals surface area contributed by atoms with E-state index in [1.54, 1.807) is 17.8 Å². The number of aryl methyl sites for hydroxylation is 1. The average Bonchev–Trinajstić information content (AvgIpc) is 3.35. The summed E-state index contributed by atoms with van der Waals surface area (Å²) in [6.07, 6.45) is 4.77. The summed E-state index contributed by atoms with van der Waals surface area (Å²) < 4.78 is 1.58. The molecular formula is C28H33N9O2.